The third-order valence-corrected chi connectivity index (χ3v) is 2.70. The first-order chi connectivity index (χ1) is 7.59. The lowest BCUT2D eigenvalue weighted by Gasteiger charge is -2.21. The van der Waals surface area contributed by atoms with Gasteiger partial charge in [-0.2, -0.15) is 0 Å². The summed E-state index contributed by atoms with van der Waals surface area (Å²) in [5, 5.41) is 5.61. The van der Waals surface area contributed by atoms with Gasteiger partial charge in [-0.25, -0.2) is 0 Å². The highest BCUT2D eigenvalue weighted by Crippen LogP contribution is 2.12. The van der Waals surface area contributed by atoms with Crippen LogP contribution >= 0.6 is 0 Å². The standard InChI is InChI=1S/C11H21N3O2/c1-14(2)7-3-5-13-11(16)9-4-6-12-10(15)8-9/h9H,3-8H2,1-2H3,(H,12,15)(H,13,16). The Morgan fingerprint density at radius 2 is 2.31 bits per heavy atom. The first-order valence-electron chi connectivity index (χ1n) is 5.78. The maximum Gasteiger partial charge on any atom is 0.223 e. The lowest BCUT2D eigenvalue weighted by Crippen LogP contribution is -2.41. The monoisotopic (exact) mass is 227 g/mol. The maximum atomic E-state index is 11.7. The number of nitrogens with zero attached hydrogens (tertiary/aromatic N) is 1. The number of amides is 2. The third kappa shape index (κ3) is 4.61. The predicted octanol–water partition coefficient (Wildman–Crippen LogP) is -0.419. The summed E-state index contributed by atoms with van der Waals surface area (Å²) < 4.78 is 0. The van der Waals surface area contributed by atoms with Gasteiger partial charge in [0.1, 0.15) is 0 Å². The van der Waals surface area contributed by atoms with Crippen molar-refractivity contribution in [2.75, 3.05) is 33.7 Å². The second kappa shape index (κ2) is 6.48. The van der Waals surface area contributed by atoms with Crippen LogP contribution < -0.4 is 10.6 Å². The summed E-state index contributed by atoms with van der Waals surface area (Å²) in [6.45, 7) is 2.27. The number of piperidine rings is 1. The Hall–Kier alpha value is -1.10. The topological polar surface area (TPSA) is 61.4 Å². The van der Waals surface area contributed by atoms with Gasteiger partial charge in [0.15, 0.2) is 0 Å². The first kappa shape index (κ1) is 13.0. The summed E-state index contributed by atoms with van der Waals surface area (Å²) in [4.78, 5) is 24.9. The van der Waals surface area contributed by atoms with E-state index in [0.717, 1.165) is 19.4 Å². The molecule has 1 unspecified atom stereocenters. The molecule has 5 heteroatoms. The summed E-state index contributed by atoms with van der Waals surface area (Å²) in [5.74, 6) is -0.124. The van der Waals surface area contributed by atoms with Crippen molar-refractivity contribution in [1.82, 2.24) is 15.5 Å². The smallest absolute Gasteiger partial charge is 0.223 e. The van der Waals surface area contributed by atoms with E-state index in [1.165, 1.54) is 0 Å². The highest BCUT2D eigenvalue weighted by atomic mass is 16.2. The zero-order valence-electron chi connectivity index (χ0n) is 10.1. The predicted molar refractivity (Wildman–Crippen MR) is 61.9 cm³/mol. The zero-order chi connectivity index (χ0) is 12.0. The van der Waals surface area contributed by atoms with Crippen LogP contribution in [-0.4, -0.2) is 50.4 Å². The van der Waals surface area contributed by atoms with Gasteiger partial charge in [-0.15, -0.1) is 0 Å². The molecule has 1 aliphatic rings. The van der Waals surface area contributed by atoms with Gasteiger partial charge in [-0.1, -0.05) is 0 Å². The van der Waals surface area contributed by atoms with E-state index in [1.807, 2.05) is 14.1 Å². The number of hydrogen-bond donors (Lipinski definition) is 2. The minimum Gasteiger partial charge on any atom is -0.356 e. The quantitative estimate of drug-likeness (QED) is 0.627. The second-order valence-corrected chi connectivity index (χ2v) is 4.49. The Bertz CT molecular complexity index is 254. The molecule has 0 aromatic rings. The molecule has 5 nitrogen and oxygen atoms in total. The molecule has 0 spiro atoms. The Labute approximate surface area is 96.6 Å². The van der Waals surface area contributed by atoms with E-state index in [4.69, 9.17) is 0 Å². The molecule has 0 aromatic heterocycles. The largest absolute Gasteiger partial charge is 0.356 e. The number of nitrogens with one attached hydrogen (secondary N) is 2. The van der Waals surface area contributed by atoms with Crippen molar-refractivity contribution in [2.45, 2.75) is 19.3 Å². The van der Waals surface area contributed by atoms with Gasteiger partial charge in [-0.3, -0.25) is 9.59 Å². The van der Waals surface area contributed by atoms with E-state index < -0.39 is 0 Å². The summed E-state index contributed by atoms with van der Waals surface area (Å²) in [5.41, 5.74) is 0. The maximum absolute atomic E-state index is 11.7. The van der Waals surface area contributed by atoms with Gasteiger partial charge in [-0.05, 0) is 33.5 Å². The van der Waals surface area contributed by atoms with Crippen molar-refractivity contribution in [3.05, 3.63) is 0 Å². The summed E-state index contributed by atoms with van der Waals surface area (Å²) in [6, 6.07) is 0. The molecular formula is C11H21N3O2. The molecule has 1 fully saturated rings. The molecule has 0 aromatic carbocycles. The van der Waals surface area contributed by atoms with E-state index >= 15 is 0 Å². The number of carbonyl (C=O) groups is 2. The second-order valence-electron chi connectivity index (χ2n) is 4.49. The van der Waals surface area contributed by atoms with Crippen LogP contribution in [0.4, 0.5) is 0 Å². The Morgan fingerprint density at radius 1 is 1.56 bits per heavy atom. The molecule has 2 amide bonds. The minimum atomic E-state index is -0.131. The van der Waals surface area contributed by atoms with Crippen molar-refractivity contribution in [3.63, 3.8) is 0 Å². The van der Waals surface area contributed by atoms with Crippen molar-refractivity contribution >= 4 is 11.8 Å². The lowest BCUT2D eigenvalue weighted by molar-refractivity contribution is -0.132. The van der Waals surface area contributed by atoms with Gasteiger partial charge < -0.3 is 15.5 Å². The normalized spacial score (nSPS) is 20.7. The van der Waals surface area contributed by atoms with Crippen LogP contribution in [0.25, 0.3) is 0 Å². The van der Waals surface area contributed by atoms with Crippen LogP contribution in [0.3, 0.4) is 0 Å². The Kier molecular flexibility index (Phi) is 5.25. The van der Waals surface area contributed by atoms with Gasteiger partial charge in [0.2, 0.25) is 11.8 Å². The number of hydrogen-bond acceptors (Lipinski definition) is 3. The molecule has 0 saturated carbocycles. The molecule has 92 valence electrons. The molecule has 1 heterocycles. The van der Waals surface area contributed by atoms with E-state index in [-0.39, 0.29) is 17.7 Å². The van der Waals surface area contributed by atoms with Gasteiger partial charge in [0.05, 0.1) is 0 Å². The van der Waals surface area contributed by atoms with E-state index in [0.29, 0.717) is 19.5 Å². The van der Waals surface area contributed by atoms with Crippen LogP contribution in [0.5, 0.6) is 0 Å². The van der Waals surface area contributed by atoms with E-state index in [2.05, 4.69) is 15.5 Å². The Morgan fingerprint density at radius 3 is 2.94 bits per heavy atom. The molecule has 1 atom stereocenters. The molecule has 2 N–H and O–H groups in total. The molecule has 1 aliphatic heterocycles. The van der Waals surface area contributed by atoms with Crippen molar-refractivity contribution in [1.29, 1.82) is 0 Å². The van der Waals surface area contributed by atoms with E-state index in [1.54, 1.807) is 0 Å². The van der Waals surface area contributed by atoms with Gasteiger partial charge in [0, 0.05) is 25.4 Å². The molecule has 1 saturated heterocycles. The Balaban J connectivity index is 2.16. The molecule has 0 aliphatic carbocycles. The fourth-order valence-corrected chi connectivity index (χ4v) is 1.76. The number of carbonyl (C=O) groups excluding carboxylic acids is 2. The molecule has 1 rings (SSSR count). The molecule has 0 bridgehead atoms. The van der Waals surface area contributed by atoms with Crippen molar-refractivity contribution < 1.29 is 9.59 Å². The average molecular weight is 227 g/mol. The van der Waals surface area contributed by atoms with Crippen LogP contribution in [-0.2, 0) is 9.59 Å². The van der Waals surface area contributed by atoms with Crippen LogP contribution in [0.15, 0.2) is 0 Å². The van der Waals surface area contributed by atoms with Crippen molar-refractivity contribution in [3.8, 4) is 0 Å². The van der Waals surface area contributed by atoms with Gasteiger partial charge >= 0.3 is 0 Å². The zero-order valence-corrected chi connectivity index (χ0v) is 10.1. The van der Waals surface area contributed by atoms with Crippen LogP contribution in [0.1, 0.15) is 19.3 Å². The summed E-state index contributed by atoms with van der Waals surface area (Å²) >= 11 is 0. The fourth-order valence-electron chi connectivity index (χ4n) is 1.76. The highest BCUT2D eigenvalue weighted by Gasteiger charge is 2.24. The summed E-state index contributed by atoms with van der Waals surface area (Å²) in [6.07, 6.45) is 2.03. The van der Waals surface area contributed by atoms with E-state index in [9.17, 15) is 9.59 Å². The third-order valence-electron chi connectivity index (χ3n) is 2.70. The van der Waals surface area contributed by atoms with Crippen LogP contribution in [0, 0.1) is 5.92 Å². The molecule has 16 heavy (non-hydrogen) atoms. The van der Waals surface area contributed by atoms with Crippen molar-refractivity contribution in [2.24, 2.45) is 5.92 Å². The number of rotatable bonds is 5. The first-order valence-corrected chi connectivity index (χ1v) is 5.78. The molecular weight excluding hydrogens is 206 g/mol. The fraction of sp³-hybridized carbons (Fsp3) is 0.818. The average Bonchev–Trinajstić information content (AvgIpc) is 2.24. The SMILES string of the molecule is CN(C)CCCNC(=O)C1CCNC(=O)C1. The minimum absolute atomic E-state index is 0.0142. The highest BCUT2D eigenvalue weighted by molar-refractivity contribution is 5.86. The lowest BCUT2D eigenvalue weighted by atomic mass is 9.97. The summed E-state index contributed by atoms with van der Waals surface area (Å²) in [7, 11) is 4.01. The molecule has 0 radical (unpaired) electrons. The van der Waals surface area contributed by atoms with Crippen LogP contribution in [0.2, 0.25) is 0 Å². The van der Waals surface area contributed by atoms with Gasteiger partial charge in [0.25, 0.3) is 0 Å².